The van der Waals surface area contributed by atoms with Crippen molar-refractivity contribution in [1.82, 2.24) is 10.9 Å². The number of hydrogen-bond acceptors (Lipinski definition) is 3. The van der Waals surface area contributed by atoms with Gasteiger partial charge in [-0.1, -0.05) is 23.7 Å². The van der Waals surface area contributed by atoms with Crippen molar-refractivity contribution >= 4 is 39.3 Å². The van der Waals surface area contributed by atoms with Gasteiger partial charge in [-0.25, -0.2) is 0 Å². The van der Waals surface area contributed by atoms with E-state index in [4.69, 9.17) is 16.0 Å². The lowest BCUT2D eigenvalue weighted by molar-refractivity contribution is -0.121. The molecule has 5 nitrogen and oxygen atoms in total. The number of carbonyl (C=O) groups is 2. The Morgan fingerprint density at radius 1 is 1.10 bits per heavy atom. The highest BCUT2D eigenvalue weighted by Gasteiger charge is 2.11. The van der Waals surface area contributed by atoms with Gasteiger partial charge in [0.15, 0.2) is 10.4 Å². The first-order valence-corrected chi connectivity index (χ1v) is 6.80. The molecule has 0 saturated carbocycles. The van der Waals surface area contributed by atoms with E-state index in [1.807, 2.05) is 0 Å². The van der Waals surface area contributed by atoms with Crippen molar-refractivity contribution in [2.75, 3.05) is 0 Å². The molecule has 0 spiro atoms. The fourth-order valence-electron chi connectivity index (χ4n) is 1.46. The molecule has 0 fully saturated rings. The summed E-state index contributed by atoms with van der Waals surface area (Å²) in [6, 6.07) is 9.96. The van der Waals surface area contributed by atoms with Crippen LogP contribution in [0.15, 0.2) is 45.5 Å². The summed E-state index contributed by atoms with van der Waals surface area (Å²) in [5, 5.41) is 0.603. The summed E-state index contributed by atoms with van der Waals surface area (Å²) in [4.78, 5) is 23.2. The summed E-state index contributed by atoms with van der Waals surface area (Å²) in [5.74, 6) is -0.768. The van der Waals surface area contributed by atoms with Crippen LogP contribution in [0.1, 0.15) is 16.1 Å². The third-order valence-electron chi connectivity index (χ3n) is 2.39. The Balaban J connectivity index is 1.83. The predicted octanol–water partition coefficient (Wildman–Crippen LogP) is 2.70. The monoisotopic (exact) mass is 356 g/mol. The van der Waals surface area contributed by atoms with Crippen molar-refractivity contribution in [3.8, 4) is 0 Å². The third kappa shape index (κ3) is 4.11. The second-order valence-corrected chi connectivity index (χ2v) is 5.13. The molecule has 104 valence electrons. The maximum absolute atomic E-state index is 11.6. The number of furan rings is 1. The van der Waals surface area contributed by atoms with Gasteiger partial charge in [-0.3, -0.25) is 20.4 Å². The molecule has 1 aromatic carbocycles. The number of halogens is 2. The number of hydrazine groups is 1. The molecule has 0 radical (unpaired) electrons. The van der Waals surface area contributed by atoms with Crippen LogP contribution in [0.3, 0.4) is 0 Å². The minimum Gasteiger partial charge on any atom is -0.444 e. The van der Waals surface area contributed by atoms with Gasteiger partial charge in [0.05, 0.1) is 6.42 Å². The van der Waals surface area contributed by atoms with E-state index < -0.39 is 5.91 Å². The minimum absolute atomic E-state index is 0.101. The number of nitrogens with one attached hydrogen (secondary N) is 2. The first-order valence-electron chi connectivity index (χ1n) is 5.63. The zero-order valence-corrected chi connectivity index (χ0v) is 12.5. The highest BCUT2D eigenvalue weighted by Crippen LogP contribution is 2.13. The van der Waals surface area contributed by atoms with Crippen molar-refractivity contribution < 1.29 is 14.0 Å². The fourth-order valence-corrected chi connectivity index (χ4v) is 1.89. The summed E-state index contributed by atoms with van der Waals surface area (Å²) < 4.78 is 5.49. The van der Waals surface area contributed by atoms with Gasteiger partial charge in [0.2, 0.25) is 5.91 Å². The van der Waals surface area contributed by atoms with E-state index in [-0.39, 0.29) is 18.1 Å². The molecule has 2 amide bonds. The Bertz CT molecular complexity index is 625. The van der Waals surface area contributed by atoms with Crippen LogP contribution < -0.4 is 10.9 Å². The SMILES string of the molecule is O=C(Cc1ccc(Cl)cc1)NNC(=O)c1ccc(Br)o1. The van der Waals surface area contributed by atoms with Crippen LogP contribution in [-0.2, 0) is 11.2 Å². The van der Waals surface area contributed by atoms with Crippen molar-refractivity contribution in [3.05, 3.63) is 57.4 Å². The maximum atomic E-state index is 11.6. The van der Waals surface area contributed by atoms with Gasteiger partial charge in [0.1, 0.15) is 0 Å². The molecular weight excluding hydrogens is 348 g/mol. The Labute approximate surface area is 128 Å². The van der Waals surface area contributed by atoms with Crippen molar-refractivity contribution in [1.29, 1.82) is 0 Å². The van der Waals surface area contributed by atoms with Gasteiger partial charge >= 0.3 is 5.91 Å². The number of amides is 2. The lowest BCUT2D eigenvalue weighted by Crippen LogP contribution is -2.42. The molecule has 20 heavy (non-hydrogen) atoms. The molecule has 2 rings (SSSR count). The largest absolute Gasteiger partial charge is 0.444 e. The summed E-state index contributed by atoms with van der Waals surface area (Å²) >= 11 is 8.83. The van der Waals surface area contributed by atoms with E-state index in [1.165, 1.54) is 6.07 Å². The third-order valence-corrected chi connectivity index (χ3v) is 3.07. The molecule has 0 bridgehead atoms. The van der Waals surface area contributed by atoms with Gasteiger partial charge in [0.25, 0.3) is 0 Å². The standard InChI is InChI=1S/C13H10BrClN2O3/c14-11-6-5-10(20-11)13(19)17-16-12(18)7-8-1-3-9(15)4-2-8/h1-6H,7H2,(H,16,18)(H,17,19). The Morgan fingerprint density at radius 3 is 2.40 bits per heavy atom. The van der Waals surface area contributed by atoms with Gasteiger partial charge < -0.3 is 4.42 Å². The second kappa shape index (κ2) is 6.58. The van der Waals surface area contributed by atoms with E-state index in [9.17, 15) is 9.59 Å². The van der Waals surface area contributed by atoms with E-state index in [0.29, 0.717) is 9.69 Å². The average molecular weight is 358 g/mol. The van der Waals surface area contributed by atoms with Gasteiger partial charge in [-0.2, -0.15) is 0 Å². The lowest BCUT2D eigenvalue weighted by atomic mass is 10.1. The summed E-state index contributed by atoms with van der Waals surface area (Å²) in [6.07, 6.45) is 0.138. The first-order chi connectivity index (χ1) is 9.54. The van der Waals surface area contributed by atoms with Crippen LogP contribution in [-0.4, -0.2) is 11.8 Å². The number of carbonyl (C=O) groups excluding carboxylic acids is 2. The van der Waals surface area contributed by atoms with Gasteiger partial charge in [-0.05, 0) is 45.8 Å². The Hall–Kier alpha value is -1.79. The van der Waals surface area contributed by atoms with Crippen LogP contribution in [0, 0.1) is 0 Å². The summed E-state index contributed by atoms with van der Waals surface area (Å²) in [6.45, 7) is 0. The van der Waals surface area contributed by atoms with E-state index in [1.54, 1.807) is 30.3 Å². The van der Waals surface area contributed by atoms with Crippen LogP contribution >= 0.6 is 27.5 Å². The van der Waals surface area contributed by atoms with Crippen molar-refractivity contribution in [2.45, 2.75) is 6.42 Å². The van der Waals surface area contributed by atoms with Crippen LogP contribution in [0.25, 0.3) is 0 Å². The van der Waals surface area contributed by atoms with E-state index >= 15 is 0 Å². The fraction of sp³-hybridized carbons (Fsp3) is 0.0769. The zero-order chi connectivity index (χ0) is 14.5. The molecule has 1 aromatic heterocycles. The second-order valence-electron chi connectivity index (χ2n) is 3.91. The number of benzene rings is 1. The van der Waals surface area contributed by atoms with Crippen molar-refractivity contribution in [3.63, 3.8) is 0 Å². The highest BCUT2D eigenvalue weighted by molar-refractivity contribution is 9.10. The zero-order valence-electron chi connectivity index (χ0n) is 10.2. The molecule has 0 aliphatic carbocycles. The molecule has 2 N–H and O–H groups in total. The lowest BCUT2D eigenvalue weighted by Gasteiger charge is -2.06. The Kier molecular flexibility index (Phi) is 4.81. The van der Waals surface area contributed by atoms with Crippen molar-refractivity contribution in [2.24, 2.45) is 0 Å². The number of hydrogen-bond donors (Lipinski definition) is 2. The molecular formula is C13H10BrClN2O3. The predicted molar refractivity (Wildman–Crippen MR) is 77.2 cm³/mol. The summed E-state index contributed by atoms with van der Waals surface area (Å²) in [5.41, 5.74) is 5.36. The van der Waals surface area contributed by atoms with Gasteiger partial charge in [-0.15, -0.1) is 0 Å². The highest BCUT2D eigenvalue weighted by atomic mass is 79.9. The van der Waals surface area contributed by atoms with Gasteiger partial charge in [0, 0.05) is 5.02 Å². The Morgan fingerprint density at radius 2 is 1.80 bits per heavy atom. The molecule has 7 heteroatoms. The quantitative estimate of drug-likeness (QED) is 0.830. The minimum atomic E-state index is -0.528. The van der Waals surface area contributed by atoms with E-state index in [0.717, 1.165) is 5.56 Å². The first kappa shape index (κ1) is 14.6. The van der Waals surface area contributed by atoms with Crippen LogP contribution in [0.4, 0.5) is 0 Å². The molecule has 0 saturated heterocycles. The van der Waals surface area contributed by atoms with Crippen LogP contribution in [0.5, 0.6) is 0 Å². The maximum Gasteiger partial charge on any atom is 0.305 e. The normalized spacial score (nSPS) is 10.1. The molecule has 0 atom stereocenters. The molecule has 0 unspecified atom stereocenters. The van der Waals surface area contributed by atoms with Crippen LogP contribution in [0.2, 0.25) is 5.02 Å². The summed E-state index contributed by atoms with van der Waals surface area (Å²) in [7, 11) is 0. The molecule has 2 aromatic rings. The van der Waals surface area contributed by atoms with E-state index in [2.05, 4.69) is 26.8 Å². The number of rotatable bonds is 3. The molecule has 0 aliphatic heterocycles. The average Bonchev–Trinajstić information content (AvgIpc) is 2.85. The topological polar surface area (TPSA) is 71.3 Å². The molecule has 0 aliphatic rings. The molecule has 1 heterocycles. The smallest absolute Gasteiger partial charge is 0.305 e.